The van der Waals surface area contributed by atoms with Crippen molar-refractivity contribution >= 4 is 5.71 Å². The zero-order valence-corrected chi connectivity index (χ0v) is 14.5. The average Bonchev–Trinajstić information content (AvgIpc) is 2.80. The number of aromatic nitrogens is 1. The van der Waals surface area contributed by atoms with Crippen LogP contribution in [0.25, 0.3) is 11.1 Å². The van der Waals surface area contributed by atoms with Gasteiger partial charge in [-0.1, -0.05) is 0 Å². The Morgan fingerprint density at radius 2 is 1.81 bits per heavy atom. The molecular weight excluding hydrogens is 331 g/mol. The zero-order chi connectivity index (χ0) is 18.3. The molecule has 1 aliphatic rings. The fourth-order valence-corrected chi connectivity index (χ4v) is 3.23. The van der Waals surface area contributed by atoms with Gasteiger partial charge < -0.3 is 9.30 Å². The first-order valence-corrected chi connectivity index (χ1v) is 8.25. The second kappa shape index (κ2) is 6.26. The largest absolute Gasteiger partial charge is 0.497 e. The van der Waals surface area contributed by atoms with Gasteiger partial charge in [0, 0.05) is 36.0 Å². The third-order valence-electron chi connectivity index (χ3n) is 4.61. The Kier molecular flexibility index (Phi) is 3.92. The smallest absolute Gasteiger partial charge is 0.250 e. The number of rotatable bonds is 2. The van der Waals surface area contributed by atoms with Crippen LogP contribution in [-0.4, -0.2) is 17.4 Å². The molecule has 0 amide bonds. The molecule has 2 heterocycles. The van der Waals surface area contributed by atoms with Gasteiger partial charge in [0.15, 0.2) is 0 Å². The summed E-state index contributed by atoms with van der Waals surface area (Å²) in [7, 11) is 3.35. The van der Waals surface area contributed by atoms with Crippen LogP contribution in [0.2, 0.25) is 0 Å². The minimum atomic E-state index is -0.288. The Balaban J connectivity index is 2.00. The van der Waals surface area contributed by atoms with Crippen molar-refractivity contribution in [1.29, 1.82) is 0 Å². The van der Waals surface area contributed by atoms with E-state index in [4.69, 9.17) is 9.73 Å². The van der Waals surface area contributed by atoms with E-state index in [2.05, 4.69) is 0 Å². The first-order valence-electron chi connectivity index (χ1n) is 8.25. The lowest BCUT2D eigenvalue weighted by Crippen LogP contribution is -2.16. The number of methoxy groups -OCH3 is 1. The Bertz CT molecular complexity index is 1080. The maximum Gasteiger partial charge on any atom is 0.250 e. The molecule has 0 atom stereocenters. The standard InChI is InChI=1S/C21H17FN2O2/c1-24-12-19-14(9-20(24)25)11-23-21(13-3-5-15(22)6-4-13)17-8-7-16(26-2)10-18(17)19/h3-10,12H,11H2,1-2H3. The van der Waals surface area contributed by atoms with Crippen molar-refractivity contribution in [2.24, 2.45) is 12.0 Å². The number of benzene rings is 2. The number of ether oxygens (including phenoxy) is 1. The van der Waals surface area contributed by atoms with Crippen LogP contribution in [0.5, 0.6) is 5.75 Å². The minimum absolute atomic E-state index is 0.0753. The maximum atomic E-state index is 13.3. The normalized spacial score (nSPS) is 12.7. The van der Waals surface area contributed by atoms with E-state index in [1.165, 1.54) is 12.1 Å². The van der Waals surface area contributed by atoms with Gasteiger partial charge >= 0.3 is 0 Å². The third-order valence-corrected chi connectivity index (χ3v) is 4.61. The molecule has 4 nitrogen and oxygen atoms in total. The van der Waals surface area contributed by atoms with Crippen LogP contribution in [-0.2, 0) is 13.6 Å². The van der Waals surface area contributed by atoms with Crippen LogP contribution in [0.3, 0.4) is 0 Å². The second-order valence-electron chi connectivity index (χ2n) is 6.24. The zero-order valence-electron chi connectivity index (χ0n) is 14.5. The van der Waals surface area contributed by atoms with Gasteiger partial charge in [-0.2, -0.15) is 0 Å². The summed E-state index contributed by atoms with van der Waals surface area (Å²) < 4.78 is 20.3. The molecule has 2 aromatic carbocycles. The van der Waals surface area contributed by atoms with Crippen molar-refractivity contribution < 1.29 is 9.13 Å². The second-order valence-corrected chi connectivity index (χ2v) is 6.24. The fraction of sp³-hybridized carbons (Fsp3) is 0.143. The summed E-state index contributed by atoms with van der Waals surface area (Å²) in [6.45, 7) is 0.384. The highest BCUT2D eigenvalue weighted by molar-refractivity contribution is 6.17. The molecule has 0 fully saturated rings. The van der Waals surface area contributed by atoms with Crippen LogP contribution in [0.1, 0.15) is 16.7 Å². The Morgan fingerprint density at radius 1 is 1.04 bits per heavy atom. The molecule has 26 heavy (non-hydrogen) atoms. The van der Waals surface area contributed by atoms with E-state index in [1.807, 2.05) is 24.4 Å². The van der Waals surface area contributed by atoms with Crippen LogP contribution in [0, 0.1) is 5.82 Å². The fourth-order valence-electron chi connectivity index (χ4n) is 3.23. The number of fused-ring (bicyclic) bond motifs is 3. The summed E-state index contributed by atoms with van der Waals surface area (Å²) in [6.07, 6.45) is 1.83. The molecule has 4 rings (SSSR count). The molecule has 0 aliphatic carbocycles. The van der Waals surface area contributed by atoms with Crippen molar-refractivity contribution in [2.45, 2.75) is 6.54 Å². The Morgan fingerprint density at radius 3 is 2.54 bits per heavy atom. The van der Waals surface area contributed by atoms with Gasteiger partial charge in [-0.25, -0.2) is 4.39 Å². The van der Waals surface area contributed by atoms with Crippen molar-refractivity contribution in [3.05, 3.63) is 87.6 Å². The molecule has 0 radical (unpaired) electrons. The van der Waals surface area contributed by atoms with Gasteiger partial charge in [0.1, 0.15) is 11.6 Å². The summed E-state index contributed by atoms with van der Waals surface area (Å²) in [4.78, 5) is 16.8. The van der Waals surface area contributed by atoms with E-state index < -0.39 is 0 Å². The molecule has 0 unspecified atom stereocenters. The number of aryl methyl sites for hydroxylation is 1. The molecule has 0 spiro atoms. The number of halogens is 1. The lowest BCUT2D eigenvalue weighted by Gasteiger charge is -2.14. The molecule has 130 valence electrons. The van der Waals surface area contributed by atoms with E-state index in [0.717, 1.165) is 39.3 Å². The Labute approximate surface area is 150 Å². The number of hydrogen-bond acceptors (Lipinski definition) is 3. The predicted molar refractivity (Wildman–Crippen MR) is 99.4 cm³/mol. The van der Waals surface area contributed by atoms with Crippen molar-refractivity contribution in [3.8, 4) is 16.9 Å². The molecule has 5 heteroatoms. The highest BCUT2D eigenvalue weighted by atomic mass is 19.1. The van der Waals surface area contributed by atoms with Crippen molar-refractivity contribution in [2.75, 3.05) is 7.11 Å². The maximum absolute atomic E-state index is 13.3. The highest BCUT2D eigenvalue weighted by Crippen LogP contribution is 2.34. The molecule has 0 saturated heterocycles. The Hall–Kier alpha value is -3.21. The molecule has 0 N–H and O–H groups in total. The first kappa shape index (κ1) is 16.3. The minimum Gasteiger partial charge on any atom is -0.497 e. The van der Waals surface area contributed by atoms with Crippen LogP contribution >= 0.6 is 0 Å². The van der Waals surface area contributed by atoms with E-state index in [1.54, 1.807) is 36.9 Å². The average molecular weight is 348 g/mol. The molecule has 0 bridgehead atoms. The number of nitrogens with zero attached hydrogens (tertiary/aromatic N) is 2. The van der Waals surface area contributed by atoms with Gasteiger partial charge in [-0.3, -0.25) is 9.79 Å². The van der Waals surface area contributed by atoms with Crippen molar-refractivity contribution in [3.63, 3.8) is 0 Å². The van der Waals surface area contributed by atoms with Crippen LogP contribution in [0.15, 0.2) is 64.5 Å². The van der Waals surface area contributed by atoms with Crippen LogP contribution in [0.4, 0.5) is 4.39 Å². The summed E-state index contributed by atoms with van der Waals surface area (Å²) in [5.74, 6) is 0.438. The topological polar surface area (TPSA) is 43.6 Å². The lowest BCUT2D eigenvalue weighted by molar-refractivity contribution is 0.415. The summed E-state index contributed by atoms with van der Waals surface area (Å²) in [5, 5.41) is 0. The van der Waals surface area contributed by atoms with Crippen molar-refractivity contribution in [1.82, 2.24) is 4.57 Å². The van der Waals surface area contributed by atoms with Gasteiger partial charge in [0.2, 0.25) is 0 Å². The van der Waals surface area contributed by atoms with Gasteiger partial charge in [-0.05, 0) is 53.6 Å². The van der Waals surface area contributed by atoms with E-state index >= 15 is 0 Å². The van der Waals surface area contributed by atoms with E-state index in [-0.39, 0.29) is 11.4 Å². The summed E-state index contributed by atoms with van der Waals surface area (Å²) in [6, 6.07) is 13.7. The predicted octanol–water partition coefficient (Wildman–Crippen LogP) is 3.55. The third kappa shape index (κ3) is 2.71. The molecular formula is C21H17FN2O2. The lowest BCUT2D eigenvalue weighted by atomic mass is 9.93. The van der Waals surface area contributed by atoms with E-state index in [0.29, 0.717) is 6.54 Å². The SMILES string of the molecule is COc1ccc2c(c1)-c1cn(C)c(=O)cc1CN=C2c1ccc(F)cc1. The molecule has 1 aromatic heterocycles. The molecule has 3 aromatic rings. The summed E-state index contributed by atoms with van der Waals surface area (Å²) in [5.41, 5.74) is 5.20. The number of hydrogen-bond donors (Lipinski definition) is 0. The van der Waals surface area contributed by atoms with E-state index in [9.17, 15) is 9.18 Å². The molecule has 0 saturated carbocycles. The summed E-state index contributed by atoms with van der Waals surface area (Å²) >= 11 is 0. The number of pyridine rings is 1. The number of aliphatic imine (C=N–C) groups is 1. The monoisotopic (exact) mass is 348 g/mol. The molecule has 1 aliphatic heterocycles. The van der Waals surface area contributed by atoms with Gasteiger partial charge in [-0.15, -0.1) is 0 Å². The first-order chi connectivity index (χ1) is 12.6. The van der Waals surface area contributed by atoms with Gasteiger partial charge in [0.05, 0.1) is 19.4 Å². The quantitative estimate of drug-likeness (QED) is 0.711. The van der Waals surface area contributed by atoms with Crippen LogP contribution < -0.4 is 10.3 Å². The highest BCUT2D eigenvalue weighted by Gasteiger charge is 2.20. The van der Waals surface area contributed by atoms with Gasteiger partial charge in [0.25, 0.3) is 5.56 Å².